The third-order valence-corrected chi connectivity index (χ3v) is 2.31. The van der Waals surface area contributed by atoms with Crippen molar-refractivity contribution in [1.29, 1.82) is 0 Å². The van der Waals surface area contributed by atoms with E-state index in [1.165, 1.54) is 0 Å². The minimum atomic E-state index is 0.0659. The maximum atomic E-state index is 8.97. The van der Waals surface area contributed by atoms with E-state index in [1.54, 1.807) is 7.11 Å². The maximum Gasteiger partial charge on any atom is 0.161 e. The number of aliphatic hydroxyl groups excluding tert-OH is 1. The van der Waals surface area contributed by atoms with Crippen LogP contribution in [-0.2, 0) is 0 Å². The fourth-order valence-electron chi connectivity index (χ4n) is 1.44. The molecule has 0 fully saturated rings. The van der Waals surface area contributed by atoms with Gasteiger partial charge in [-0.2, -0.15) is 0 Å². The predicted molar refractivity (Wildman–Crippen MR) is 69.5 cm³/mol. The molecule has 0 aliphatic heterocycles. The zero-order valence-electron chi connectivity index (χ0n) is 10.7. The Bertz CT molecular complexity index is 383. The minimum Gasteiger partial charge on any atom is -0.493 e. The van der Waals surface area contributed by atoms with E-state index in [9.17, 15) is 0 Å². The van der Waals surface area contributed by atoms with Gasteiger partial charge in [-0.3, -0.25) is 0 Å². The zero-order chi connectivity index (χ0) is 12.7. The van der Waals surface area contributed by atoms with Crippen molar-refractivity contribution < 1.29 is 14.6 Å². The van der Waals surface area contributed by atoms with Gasteiger partial charge in [0.2, 0.25) is 0 Å². The van der Waals surface area contributed by atoms with Crippen LogP contribution in [0.15, 0.2) is 23.8 Å². The second-order valence-electron chi connectivity index (χ2n) is 3.91. The zero-order valence-corrected chi connectivity index (χ0v) is 10.7. The molecule has 3 heteroatoms. The monoisotopic (exact) mass is 236 g/mol. The van der Waals surface area contributed by atoms with Gasteiger partial charge in [0, 0.05) is 0 Å². The topological polar surface area (TPSA) is 38.7 Å². The van der Waals surface area contributed by atoms with E-state index in [0.29, 0.717) is 6.61 Å². The molecule has 0 aliphatic rings. The van der Waals surface area contributed by atoms with Crippen LogP contribution in [0.4, 0.5) is 0 Å². The lowest BCUT2D eigenvalue weighted by molar-refractivity contribution is 0.294. The molecule has 0 atom stereocenters. The van der Waals surface area contributed by atoms with Gasteiger partial charge in [-0.25, -0.2) is 0 Å². The molecule has 0 spiro atoms. The summed E-state index contributed by atoms with van der Waals surface area (Å²) in [6.07, 6.45) is 2.89. The predicted octanol–water partition coefficient (Wildman–Crippen LogP) is 2.88. The molecule has 0 aromatic heterocycles. The molecule has 1 rings (SSSR count). The molecule has 1 aromatic rings. The van der Waals surface area contributed by atoms with Crippen molar-refractivity contribution >= 4 is 6.08 Å². The Morgan fingerprint density at radius 1 is 1.35 bits per heavy atom. The molecule has 0 aliphatic carbocycles. The first-order valence-electron chi connectivity index (χ1n) is 5.80. The summed E-state index contributed by atoms with van der Waals surface area (Å²) in [5.74, 6) is 1.48. The van der Waals surface area contributed by atoms with Crippen LogP contribution >= 0.6 is 0 Å². The van der Waals surface area contributed by atoms with Gasteiger partial charge >= 0.3 is 0 Å². The van der Waals surface area contributed by atoms with Crippen LogP contribution in [0.5, 0.6) is 11.5 Å². The summed E-state index contributed by atoms with van der Waals surface area (Å²) in [7, 11) is 1.63. The standard InChI is InChI=1S/C14H20O3/c1-4-7-17-13-6-5-12(8-11(2)10-15)9-14(13)16-3/h5-6,8-9,15H,4,7,10H2,1-3H3. The Balaban J connectivity index is 2.92. The molecule has 1 aromatic carbocycles. The summed E-state index contributed by atoms with van der Waals surface area (Å²) in [6.45, 7) is 4.69. The molecule has 0 bridgehead atoms. The fourth-order valence-corrected chi connectivity index (χ4v) is 1.44. The highest BCUT2D eigenvalue weighted by atomic mass is 16.5. The number of hydrogen-bond donors (Lipinski definition) is 1. The van der Waals surface area contributed by atoms with Gasteiger partial charge in [0.15, 0.2) is 11.5 Å². The summed E-state index contributed by atoms with van der Waals surface area (Å²) >= 11 is 0. The van der Waals surface area contributed by atoms with Crippen LogP contribution in [-0.4, -0.2) is 25.4 Å². The molecule has 0 saturated carbocycles. The molecular weight excluding hydrogens is 216 g/mol. The number of ether oxygens (including phenoxy) is 2. The SMILES string of the molecule is CCCOc1ccc(C=C(C)CO)cc1OC. The normalized spacial score (nSPS) is 11.4. The van der Waals surface area contributed by atoms with Gasteiger partial charge in [-0.05, 0) is 36.6 Å². The number of benzene rings is 1. The third-order valence-electron chi connectivity index (χ3n) is 2.31. The first kappa shape index (κ1) is 13.6. The maximum absolute atomic E-state index is 8.97. The fraction of sp³-hybridized carbons (Fsp3) is 0.429. The van der Waals surface area contributed by atoms with Crippen molar-refractivity contribution in [2.24, 2.45) is 0 Å². The van der Waals surface area contributed by atoms with Crippen molar-refractivity contribution in [3.8, 4) is 11.5 Å². The molecule has 1 N–H and O–H groups in total. The van der Waals surface area contributed by atoms with Gasteiger partial charge < -0.3 is 14.6 Å². The van der Waals surface area contributed by atoms with E-state index in [4.69, 9.17) is 14.6 Å². The van der Waals surface area contributed by atoms with Gasteiger partial charge in [0.1, 0.15) is 0 Å². The van der Waals surface area contributed by atoms with E-state index in [2.05, 4.69) is 6.92 Å². The molecule has 0 heterocycles. The van der Waals surface area contributed by atoms with Gasteiger partial charge in [0.05, 0.1) is 20.3 Å². The van der Waals surface area contributed by atoms with E-state index in [0.717, 1.165) is 29.1 Å². The van der Waals surface area contributed by atoms with Crippen molar-refractivity contribution in [2.75, 3.05) is 20.3 Å². The van der Waals surface area contributed by atoms with Crippen LogP contribution in [0.3, 0.4) is 0 Å². The Hall–Kier alpha value is -1.48. The Morgan fingerprint density at radius 2 is 2.12 bits per heavy atom. The second-order valence-corrected chi connectivity index (χ2v) is 3.91. The highest BCUT2D eigenvalue weighted by Crippen LogP contribution is 2.28. The smallest absolute Gasteiger partial charge is 0.161 e. The van der Waals surface area contributed by atoms with E-state index < -0.39 is 0 Å². The van der Waals surface area contributed by atoms with Gasteiger partial charge in [-0.15, -0.1) is 0 Å². The van der Waals surface area contributed by atoms with Crippen LogP contribution in [0.1, 0.15) is 25.8 Å². The third kappa shape index (κ3) is 4.11. The van der Waals surface area contributed by atoms with Crippen LogP contribution in [0.25, 0.3) is 6.08 Å². The lowest BCUT2D eigenvalue weighted by Crippen LogP contribution is -1.98. The van der Waals surface area contributed by atoms with E-state index in [-0.39, 0.29) is 6.61 Å². The van der Waals surface area contributed by atoms with E-state index >= 15 is 0 Å². The minimum absolute atomic E-state index is 0.0659. The highest BCUT2D eigenvalue weighted by molar-refractivity contribution is 5.57. The quantitative estimate of drug-likeness (QED) is 0.825. The summed E-state index contributed by atoms with van der Waals surface area (Å²) in [4.78, 5) is 0. The number of hydrogen-bond acceptors (Lipinski definition) is 3. The summed E-state index contributed by atoms with van der Waals surface area (Å²) in [5.41, 5.74) is 1.91. The van der Waals surface area contributed by atoms with Gasteiger partial charge in [0.25, 0.3) is 0 Å². The molecule has 17 heavy (non-hydrogen) atoms. The van der Waals surface area contributed by atoms with Crippen LogP contribution in [0.2, 0.25) is 0 Å². The molecule has 94 valence electrons. The molecule has 0 saturated heterocycles. The lowest BCUT2D eigenvalue weighted by Gasteiger charge is -2.10. The summed E-state index contributed by atoms with van der Waals surface area (Å²) in [5, 5.41) is 8.97. The Morgan fingerprint density at radius 3 is 2.71 bits per heavy atom. The number of methoxy groups -OCH3 is 1. The van der Waals surface area contributed by atoms with Crippen molar-refractivity contribution in [2.45, 2.75) is 20.3 Å². The molecule has 3 nitrogen and oxygen atoms in total. The summed E-state index contributed by atoms with van der Waals surface area (Å²) < 4.78 is 10.8. The molecule has 0 radical (unpaired) electrons. The lowest BCUT2D eigenvalue weighted by atomic mass is 10.1. The number of rotatable bonds is 6. The van der Waals surface area contributed by atoms with Crippen molar-refractivity contribution in [1.82, 2.24) is 0 Å². The molecule has 0 amide bonds. The average Bonchev–Trinajstić information content (AvgIpc) is 2.36. The first-order chi connectivity index (χ1) is 8.21. The van der Waals surface area contributed by atoms with E-state index in [1.807, 2.05) is 31.2 Å². The highest BCUT2D eigenvalue weighted by Gasteiger charge is 2.04. The molecular formula is C14H20O3. The van der Waals surface area contributed by atoms with Crippen LogP contribution in [0, 0.1) is 0 Å². The van der Waals surface area contributed by atoms with Gasteiger partial charge in [-0.1, -0.05) is 19.1 Å². The second kappa shape index (κ2) is 6.97. The van der Waals surface area contributed by atoms with Crippen molar-refractivity contribution in [3.05, 3.63) is 29.3 Å². The first-order valence-corrected chi connectivity index (χ1v) is 5.80. The Labute approximate surface area is 103 Å². The largest absolute Gasteiger partial charge is 0.493 e. The number of aliphatic hydroxyl groups is 1. The van der Waals surface area contributed by atoms with Crippen molar-refractivity contribution in [3.63, 3.8) is 0 Å². The average molecular weight is 236 g/mol. The van der Waals surface area contributed by atoms with Crippen LogP contribution < -0.4 is 9.47 Å². The summed E-state index contributed by atoms with van der Waals surface area (Å²) in [6, 6.07) is 5.75. The Kier molecular flexibility index (Phi) is 5.57. The molecule has 0 unspecified atom stereocenters.